The molecule has 4 N–H and O–H groups in total. The molecular weight excluding hydrogens is 148 g/mol. The Bertz CT molecular complexity index is 158. The number of primary amides is 1. The van der Waals surface area contributed by atoms with Crippen LogP contribution in [0.4, 0.5) is 0 Å². The van der Waals surface area contributed by atoms with E-state index < -0.39 is 17.9 Å². The average Bonchev–Trinajstić information content (AvgIpc) is 1.98. The summed E-state index contributed by atoms with van der Waals surface area (Å²) in [6.07, 6.45) is 0.346. The van der Waals surface area contributed by atoms with Gasteiger partial charge in [0, 0.05) is 6.42 Å². The number of rotatable bonds is 4. The van der Waals surface area contributed by atoms with Gasteiger partial charge in [0.25, 0.3) is 0 Å². The van der Waals surface area contributed by atoms with Crippen LogP contribution in [0.2, 0.25) is 0 Å². The molecule has 0 saturated heterocycles. The Morgan fingerprint density at radius 2 is 2.09 bits per heavy atom. The fourth-order valence-corrected chi connectivity index (χ4v) is 0.567. The molecular formula is C6H12N2O3. The number of hydrogen-bond donors (Lipinski definition) is 2. The molecule has 0 spiro atoms. The van der Waals surface area contributed by atoms with Crippen molar-refractivity contribution in [2.24, 2.45) is 11.5 Å². The van der Waals surface area contributed by atoms with Gasteiger partial charge in [0.05, 0.1) is 7.11 Å². The maximum Gasteiger partial charge on any atom is 0.322 e. The first-order chi connectivity index (χ1) is 5.07. The summed E-state index contributed by atoms with van der Waals surface area (Å²) in [6, 6.07) is -0.743. The van der Waals surface area contributed by atoms with Crippen molar-refractivity contribution >= 4 is 11.9 Å². The summed E-state index contributed by atoms with van der Waals surface area (Å²) in [4.78, 5) is 20.9. The monoisotopic (exact) mass is 160 g/mol. The van der Waals surface area contributed by atoms with Crippen LogP contribution in [0.1, 0.15) is 12.8 Å². The number of amides is 1. The van der Waals surface area contributed by atoms with E-state index >= 15 is 0 Å². The van der Waals surface area contributed by atoms with Gasteiger partial charge in [-0.2, -0.15) is 0 Å². The van der Waals surface area contributed by atoms with Gasteiger partial charge in [-0.3, -0.25) is 9.59 Å². The van der Waals surface area contributed by atoms with Crippen molar-refractivity contribution < 1.29 is 14.3 Å². The van der Waals surface area contributed by atoms with E-state index in [0.717, 1.165) is 0 Å². The third kappa shape index (κ3) is 4.32. The van der Waals surface area contributed by atoms with Crippen molar-refractivity contribution in [1.29, 1.82) is 0 Å². The second-order valence-corrected chi connectivity index (χ2v) is 2.13. The maximum absolute atomic E-state index is 10.6. The first kappa shape index (κ1) is 9.90. The second kappa shape index (κ2) is 4.68. The first-order valence-electron chi connectivity index (χ1n) is 3.19. The normalized spacial score (nSPS) is 12.2. The standard InChI is InChI=1S/C6H12N2O3/c1-11-6(10)4(7)2-3-5(8)9/h4H,2-3,7H2,1H3,(H2,8,9)/t4-/m1/s1. The van der Waals surface area contributed by atoms with Crippen LogP contribution >= 0.6 is 0 Å². The molecule has 5 heteroatoms. The number of ether oxygens (including phenoxy) is 1. The summed E-state index contributed by atoms with van der Waals surface area (Å²) in [5.74, 6) is -0.990. The van der Waals surface area contributed by atoms with Gasteiger partial charge >= 0.3 is 5.97 Å². The summed E-state index contributed by atoms with van der Waals surface area (Å²) < 4.78 is 4.33. The van der Waals surface area contributed by atoms with E-state index in [-0.39, 0.29) is 12.8 Å². The van der Waals surface area contributed by atoms with Crippen LogP contribution < -0.4 is 11.5 Å². The molecule has 1 amide bonds. The Hall–Kier alpha value is -1.10. The highest BCUT2D eigenvalue weighted by Gasteiger charge is 2.13. The molecule has 0 aliphatic carbocycles. The maximum atomic E-state index is 10.6. The molecule has 11 heavy (non-hydrogen) atoms. The molecule has 64 valence electrons. The Morgan fingerprint density at radius 3 is 2.45 bits per heavy atom. The van der Waals surface area contributed by atoms with Gasteiger partial charge in [-0.25, -0.2) is 0 Å². The summed E-state index contributed by atoms with van der Waals surface area (Å²) in [7, 11) is 1.24. The average molecular weight is 160 g/mol. The SMILES string of the molecule is COC(=O)[C@H](N)CCC(N)=O. The third-order valence-electron chi connectivity index (χ3n) is 1.21. The van der Waals surface area contributed by atoms with Crippen LogP contribution in [0.15, 0.2) is 0 Å². The predicted molar refractivity (Wildman–Crippen MR) is 38.4 cm³/mol. The van der Waals surface area contributed by atoms with Crippen LogP contribution in [0, 0.1) is 0 Å². The molecule has 5 nitrogen and oxygen atoms in total. The van der Waals surface area contributed by atoms with Crippen LogP contribution in [-0.4, -0.2) is 25.0 Å². The fourth-order valence-electron chi connectivity index (χ4n) is 0.567. The molecule has 0 heterocycles. The zero-order valence-corrected chi connectivity index (χ0v) is 6.37. The number of hydrogen-bond acceptors (Lipinski definition) is 4. The minimum absolute atomic E-state index is 0.107. The van der Waals surface area contributed by atoms with E-state index in [1.54, 1.807) is 0 Å². The lowest BCUT2D eigenvalue weighted by molar-refractivity contribution is -0.142. The van der Waals surface area contributed by atoms with Crippen molar-refractivity contribution in [2.75, 3.05) is 7.11 Å². The molecule has 0 aliphatic heterocycles. The molecule has 0 aliphatic rings. The summed E-state index contributed by atoms with van der Waals surface area (Å²) in [5, 5.41) is 0. The highest BCUT2D eigenvalue weighted by Crippen LogP contribution is 1.94. The van der Waals surface area contributed by atoms with Gasteiger partial charge in [0.1, 0.15) is 6.04 Å². The van der Waals surface area contributed by atoms with E-state index in [1.807, 2.05) is 0 Å². The zero-order valence-electron chi connectivity index (χ0n) is 6.37. The van der Waals surface area contributed by atoms with E-state index in [9.17, 15) is 9.59 Å². The van der Waals surface area contributed by atoms with Crippen LogP contribution in [0.25, 0.3) is 0 Å². The first-order valence-corrected chi connectivity index (χ1v) is 3.19. The summed E-state index contributed by atoms with van der Waals surface area (Å²) >= 11 is 0. The van der Waals surface area contributed by atoms with Crippen molar-refractivity contribution in [3.05, 3.63) is 0 Å². The second-order valence-electron chi connectivity index (χ2n) is 2.13. The van der Waals surface area contributed by atoms with Crippen LogP contribution in [0.5, 0.6) is 0 Å². The summed E-state index contributed by atoms with van der Waals surface area (Å²) in [6.45, 7) is 0. The summed E-state index contributed by atoms with van der Waals surface area (Å²) in [5.41, 5.74) is 10.1. The van der Waals surface area contributed by atoms with Gasteiger partial charge in [-0.15, -0.1) is 0 Å². The van der Waals surface area contributed by atoms with E-state index in [0.29, 0.717) is 0 Å². The smallest absolute Gasteiger partial charge is 0.322 e. The Labute approximate surface area is 64.7 Å². The Kier molecular flexibility index (Phi) is 4.21. The van der Waals surface area contributed by atoms with E-state index in [2.05, 4.69) is 4.74 Å². The molecule has 0 aromatic rings. The molecule has 1 atom stereocenters. The highest BCUT2D eigenvalue weighted by molar-refractivity contribution is 5.78. The van der Waals surface area contributed by atoms with E-state index in [4.69, 9.17) is 11.5 Å². The predicted octanol–water partition coefficient (Wildman–Crippen LogP) is -1.25. The lowest BCUT2D eigenvalue weighted by atomic mass is 10.2. The molecule has 0 unspecified atom stereocenters. The molecule has 0 fully saturated rings. The molecule has 0 radical (unpaired) electrons. The number of nitrogens with two attached hydrogens (primary N) is 2. The van der Waals surface area contributed by atoms with Gasteiger partial charge in [-0.05, 0) is 6.42 Å². The van der Waals surface area contributed by atoms with Crippen molar-refractivity contribution in [3.8, 4) is 0 Å². The van der Waals surface area contributed by atoms with Gasteiger partial charge in [-0.1, -0.05) is 0 Å². The van der Waals surface area contributed by atoms with Crippen molar-refractivity contribution in [2.45, 2.75) is 18.9 Å². The molecule has 0 bridgehead atoms. The lowest BCUT2D eigenvalue weighted by Crippen LogP contribution is -2.32. The highest BCUT2D eigenvalue weighted by atomic mass is 16.5. The number of methoxy groups -OCH3 is 1. The van der Waals surface area contributed by atoms with Crippen molar-refractivity contribution in [1.82, 2.24) is 0 Å². The van der Waals surface area contributed by atoms with Crippen molar-refractivity contribution in [3.63, 3.8) is 0 Å². The van der Waals surface area contributed by atoms with Gasteiger partial charge in [0.15, 0.2) is 0 Å². The minimum Gasteiger partial charge on any atom is -0.468 e. The lowest BCUT2D eigenvalue weighted by Gasteiger charge is -2.06. The number of carbonyl (C=O) groups is 2. The minimum atomic E-state index is -0.743. The largest absolute Gasteiger partial charge is 0.468 e. The zero-order chi connectivity index (χ0) is 8.85. The Morgan fingerprint density at radius 1 is 1.55 bits per heavy atom. The van der Waals surface area contributed by atoms with Gasteiger partial charge in [0.2, 0.25) is 5.91 Å². The number of carbonyl (C=O) groups excluding carboxylic acids is 2. The van der Waals surface area contributed by atoms with Crippen LogP contribution in [0.3, 0.4) is 0 Å². The molecule has 0 aromatic carbocycles. The topological polar surface area (TPSA) is 95.4 Å². The molecule has 0 saturated carbocycles. The Balaban J connectivity index is 3.60. The van der Waals surface area contributed by atoms with Crippen LogP contribution in [-0.2, 0) is 14.3 Å². The molecule has 0 aromatic heterocycles. The fraction of sp³-hybridized carbons (Fsp3) is 0.667. The quantitative estimate of drug-likeness (QED) is 0.502. The third-order valence-corrected chi connectivity index (χ3v) is 1.21. The number of esters is 1. The van der Waals surface area contributed by atoms with E-state index in [1.165, 1.54) is 7.11 Å². The van der Waals surface area contributed by atoms with Gasteiger partial charge < -0.3 is 16.2 Å². The molecule has 0 rings (SSSR count).